The van der Waals surface area contributed by atoms with Gasteiger partial charge in [0.05, 0.1) is 61.2 Å². The first-order valence-electron chi connectivity index (χ1n) is 22.8. The SMILES string of the molecule is CC(=O)n1c(O)c(C(=NCCOCCOCCN2CCC(n3nc(-c4ccc(Oc5ccccc5)cc4)c4c(N)ncnc43)CC2)c2cccc(O[Si](C)(C)C(C)(C)C)c2)c2cc(Br)ccc21. The van der Waals surface area contributed by atoms with Gasteiger partial charge in [-0.15, -0.1) is 0 Å². The molecule has 0 amide bonds. The second-order valence-corrected chi connectivity index (χ2v) is 24.0. The Bertz CT molecular complexity index is 2870. The summed E-state index contributed by atoms with van der Waals surface area (Å²) in [5, 5.41) is 18.2. The molecule has 4 heterocycles. The molecule has 0 saturated carbocycles. The zero-order valence-corrected chi connectivity index (χ0v) is 41.6. The predicted molar refractivity (Wildman–Crippen MR) is 270 cm³/mol. The summed E-state index contributed by atoms with van der Waals surface area (Å²) in [4.78, 5) is 29.2. The van der Waals surface area contributed by atoms with Crippen molar-refractivity contribution < 1.29 is 28.5 Å². The number of aromatic nitrogens is 5. The molecule has 0 radical (unpaired) electrons. The van der Waals surface area contributed by atoms with Gasteiger partial charge in [0.15, 0.2) is 5.65 Å². The van der Waals surface area contributed by atoms with Crippen LogP contribution in [0.2, 0.25) is 18.1 Å². The molecular formula is C51H59BrN8O6Si. The minimum Gasteiger partial charge on any atom is -0.543 e. The Labute approximate surface area is 401 Å². The molecule has 0 spiro atoms. The molecule has 1 aliphatic heterocycles. The first-order chi connectivity index (χ1) is 32.2. The van der Waals surface area contributed by atoms with Crippen LogP contribution in [-0.2, 0) is 9.47 Å². The standard InChI is InChI=1S/C51H59BrN8O6Si/c1-34(61)59-43-20-17-37(52)32-42(43)44(50(59)62)46(36-11-10-14-41(31-36)66-67(5,6)51(2,3)4)54-23-27-63-29-30-64-28-26-58-24-21-38(22-25-58)60-49-45(48(53)55-33-56-49)47(57-60)35-15-18-40(19-16-35)65-39-12-8-7-9-13-39/h7-20,31-33,38,62H,21-30H2,1-6H3,(H2,53,55,56). The molecule has 350 valence electrons. The first-order valence-corrected chi connectivity index (χ1v) is 26.5. The van der Waals surface area contributed by atoms with Crippen molar-refractivity contribution in [2.24, 2.45) is 4.99 Å². The Hall–Kier alpha value is -5.91. The number of nitrogens with two attached hydrogens (primary N) is 1. The minimum atomic E-state index is -2.15. The number of piperidine rings is 1. The van der Waals surface area contributed by atoms with Crippen molar-refractivity contribution in [3.63, 3.8) is 0 Å². The number of hydrogen-bond acceptors (Lipinski definition) is 12. The van der Waals surface area contributed by atoms with E-state index in [0.717, 1.165) is 82.1 Å². The second kappa shape index (κ2) is 20.5. The molecule has 14 nitrogen and oxygen atoms in total. The van der Waals surface area contributed by atoms with Gasteiger partial charge in [-0.05, 0) is 97.7 Å². The van der Waals surface area contributed by atoms with E-state index in [1.807, 2.05) is 102 Å². The van der Waals surface area contributed by atoms with Crippen LogP contribution in [0.15, 0.2) is 113 Å². The highest BCUT2D eigenvalue weighted by atomic mass is 79.9. The monoisotopic (exact) mass is 986 g/mol. The van der Waals surface area contributed by atoms with Gasteiger partial charge in [0, 0.05) is 47.5 Å². The number of carbonyl (C=O) groups is 1. The number of nitrogens with zero attached hydrogens (tertiary/aromatic N) is 7. The van der Waals surface area contributed by atoms with Crippen molar-refractivity contribution in [1.29, 1.82) is 0 Å². The van der Waals surface area contributed by atoms with Gasteiger partial charge in [0.25, 0.3) is 0 Å². The van der Waals surface area contributed by atoms with Crippen LogP contribution in [0.5, 0.6) is 23.1 Å². The number of aliphatic imine (C=N–C) groups is 1. The molecule has 8 rings (SSSR count). The van der Waals surface area contributed by atoms with Crippen LogP contribution >= 0.6 is 15.9 Å². The van der Waals surface area contributed by atoms with E-state index in [0.29, 0.717) is 61.0 Å². The average Bonchev–Trinajstić information content (AvgIpc) is 3.83. The number of fused-ring (bicyclic) bond motifs is 2. The zero-order chi connectivity index (χ0) is 47.3. The number of hydrogen-bond donors (Lipinski definition) is 2. The number of rotatable bonds is 17. The van der Waals surface area contributed by atoms with Gasteiger partial charge < -0.3 is 34.4 Å². The van der Waals surface area contributed by atoms with E-state index in [-0.39, 0.29) is 22.9 Å². The maximum absolute atomic E-state index is 12.8. The molecule has 1 saturated heterocycles. The van der Waals surface area contributed by atoms with E-state index in [2.05, 4.69) is 64.7 Å². The van der Waals surface area contributed by atoms with Crippen molar-refractivity contribution in [2.45, 2.75) is 64.7 Å². The second-order valence-electron chi connectivity index (χ2n) is 18.3. The summed E-state index contributed by atoms with van der Waals surface area (Å²) in [5.74, 6) is 2.19. The number of aromatic hydroxyl groups is 1. The first kappa shape index (κ1) is 47.6. The highest BCUT2D eigenvalue weighted by molar-refractivity contribution is 9.10. The lowest BCUT2D eigenvalue weighted by Crippen LogP contribution is -2.43. The predicted octanol–water partition coefficient (Wildman–Crippen LogP) is 10.5. The number of halogens is 1. The van der Waals surface area contributed by atoms with E-state index in [4.69, 9.17) is 34.5 Å². The molecule has 0 bridgehead atoms. The van der Waals surface area contributed by atoms with Crippen molar-refractivity contribution in [2.75, 3.05) is 58.3 Å². The molecule has 3 N–H and O–H groups in total. The van der Waals surface area contributed by atoms with Crippen LogP contribution in [0.3, 0.4) is 0 Å². The van der Waals surface area contributed by atoms with Gasteiger partial charge in [0.1, 0.15) is 35.1 Å². The van der Waals surface area contributed by atoms with Crippen LogP contribution in [0.1, 0.15) is 62.5 Å². The lowest BCUT2D eigenvalue weighted by atomic mass is 10.0. The molecule has 1 aliphatic rings. The van der Waals surface area contributed by atoms with Gasteiger partial charge in [-0.2, -0.15) is 5.10 Å². The highest BCUT2D eigenvalue weighted by Gasteiger charge is 2.39. The van der Waals surface area contributed by atoms with Gasteiger partial charge in [-0.3, -0.25) is 14.4 Å². The van der Waals surface area contributed by atoms with Crippen LogP contribution in [0.4, 0.5) is 5.82 Å². The number of anilines is 1. The van der Waals surface area contributed by atoms with Crippen molar-refractivity contribution in [3.8, 4) is 34.4 Å². The quantitative estimate of drug-likeness (QED) is 0.0507. The molecule has 0 unspecified atom stereocenters. The van der Waals surface area contributed by atoms with E-state index in [1.54, 1.807) is 0 Å². The molecule has 4 aromatic carbocycles. The molecule has 3 aromatic heterocycles. The summed E-state index contributed by atoms with van der Waals surface area (Å²) in [6.45, 7) is 17.2. The smallest absolute Gasteiger partial charge is 0.250 e. The Balaban J connectivity index is 0.849. The third kappa shape index (κ3) is 10.8. The zero-order valence-electron chi connectivity index (χ0n) is 39.0. The van der Waals surface area contributed by atoms with Crippen molar-refractivity contribution in [1.82, 2.24) is 29.2 Å². The summed E-state index contributed by atoms with van der Waals surface area (Å²) in [5.41, 5.74) is 11.2. The number of likely N-dealkylation sites (tertiary alicyclic amines) is 1. The molecule has 67 heavy (non-hydrogen) atoms. The topological polar surface area (TPSA) is 164 Å². The Kier molecular flexibility index (Phi) is 14.6. The average molecular weight is 988 g/mol. The number of carbonyl (C=O) groups excluding carboxylic acids is 1. The van der Waals surface area contributed by atoms with Crippen molar-refractivity contribution in [3.05, 3.63) is 119 Å². The third-order valence-electron chi connectivity index (χ3n) is 12.7. The highest BCUT2D eigenvalue weighted by Crippen LogP contribution is 2.40. The lowest BCUT2D eigenvalue weighted by Gasteiger charge is -2.36. The van der Waals surface area contributed by atoms with E-state index >= 15 is 0 Å². The lowest BCUT2D eigenvalue weighted by molar-refractivity contribution is 0.0371. The molecule has 1 fully saturated rings. The van der Waals surface area contributed by atoms with Gasteiger partial charge in [-0.1, -0.05) is 67.0 Å². The number of benzene rings is 4. The maximum Gasteiger partial charge on any atom is 0.250 e. The summed E-state index contributed by atoms with van der Waals surface area (Å²) >= 11 is 3.58. The van der Waals surface area contributed by atoms with Crippen molar-refractivity contribution >= 4 is 63.6 Å². The minimum absolute atomic E-state index is 0.00258. The number of nitrogen functional groups attached to an aromatic ring is 1. The summed E-state index contributed by atoms with van der Waals surface area (Å²) < 4.78 is 28.9. The summed E-state index contributed by atoms with van der Waals surface area (Å²) in [6.07, 6.45) is 3.33. The van der Waals surface area contributed by atoms with Crippen LogP contribution < -0.4 is 14.9 Å². The van der Waals surface area contributed by atoms with Crippen LogP contribution in [0.25, 0.3) is 33.2 Å². The number of ether oxygens (including phenoxy) is 3. The summed E-state index contributed by atoms with van der Waals surface area (Å²) in [7, 11) is -2.15. The van der Waals surface area contributed by atoms with Crippen LogP contribution in [-0.4, -0.2) is 107 Å². The normalized spacial score (nSPS) is 14.3. The third-order valence-corrected chi connectivity index (χ3v) is 17.6. The Morgan fingerprint density at radius 1 is 0.881 bits per heavy atom. The molecule has 7 aromatic rings. The Morgan fingerprint density at radius 2 is 1.58 bits per heavy atom. The molecular weight excluding hydrogens is 929 g/mol. The largest absolute Gasteiger partial charge is 0.543 e. The van der Waals surface area contributed by atoms with Gasteiger partial charge in [-0.25, -0.2) is 14.6 Å². The molecule has 16 heteroatoms. The fourth-order valence-electron chi connectivity index (χ4n) is 8.15. The fourth-order valence-corrected chi connectivity index (χ4v) is 9.54. The van der Waals surface area contributed by atoms with E-state index < -0.39 is 8.32 Å². The van der Waals surface area contributed by atoms with Gasteiger partial charge in [0.2, 0.25) is 20.1 Å². The molecule has 0 atom stereocenters. The van der Waals surface area contributed by atoms with E-state index in [9.17, 15) is 9.90 Å². The van der Waals surface area contributed by atoms with Gasteiger partial charge >= 0.3 is 0 Å². The Morgan fingerprint density at radius 3 is 2.30 bits per heavy atom. The van der Waals surface area contributed by atoms with E-state index in [1.165, 1.54) is 17.8 Å². The summed E-state index contributed by atoms with van der Waals surface area (Å²) in [6, 6.07) is 31.1. The van der Waals surface area contributed by atoms with Crippen LogP contribution in [0, 0.1) is 0 Å². The molecule has 0 aliphatic carbocycles. The fraction of sp³-hybridized carbons (Fsp3) is 0.353. The number of para-hydroxylation sites is 1. The maximum atomic E-state index is 12.8.